The molecule has 0 heterocycles. The summed E-state index contributed by atoms with van der Waals surface area (Å²) >= 11 is 0. The van der Waals surface area contributed by atoms with Gasteiger partial charge in [-0.15, -0.1) is 0 Å². The number of hydrogen-bond donors (Lipinski definition) is 2. The van der Waals surface area contributed by atoms with E-state index in [0.717, 1.165) is 17.5 Å². The minimum atomic E-state index is -0.919. The first kappa shape index (κ1) is 14.1. The normalized spacial score (nSPS) is 22.3. The van der Waals surface area contributed by atoms with Crippen LogP contribution in [0.4, 0.5) is 0 Å². The van der Waals surface area contributed by atoms with E-state index in [9.17, 15) is 15.0 Å². The third-order valence-corrected chi connectivity index (χ3v) is 4.71. The number of fused-ring (bicyclic) bond motifs is 1. The minimum absolute atomic E-state index is 0.305. The molecule has 2 rings (SSSR count). The fourth-order valence-corrected chi connectivity index (χ4v) is 3.23. The molecule has 0 bridgehead atoms. The topological polar surface area (TPSA) is 57.5 Å². The van der Waals surface area contributed by atoms with E-state index in [1.165, 1.54) is 0 Å². The Morgan fingerprint density at radius 1 is 1.32 bits per heavy atom. The summed E-state index contributed by atoms with van der Waals surface area (Å²) in [5, 5.41) is 20.3. The van der Waals surface area contributed by atoms with Gasteiger partial charge in [0.15, 0.2) is 0 Å². The Balaban J connectivity index is 2.45. The molecule has 0 radical (unpaired) electrons. The van der Waals surface area contributed by atoms with E-state index in [0.29, 0.717) is 25.7 Å². The fourth-order valence-electron chi connectivity index (χ4n) is 3.23. The first-order valence-corrected chi connectivity index (χ1v) is 7.01. The molecule has 0 saturated carbocycles. The number of aliphatic hydroxyl groups is 1. The smallest absolute Gasteiger partial charge is 0.314 e. The summed E-state index contributed by atoms with van der Waals surface area (Å²) in [6.07, 6.45) is 2.84. The van der Waals surface area contributed by atoms with Gasteiger partial charge in [-0.2, -0.15) is 0 Å². The van der Waals surface area contributed by atoms with E-state index in [2.05, 4.69) is 0 Å². The van der Waals surface area contributed by atoms with Crippen LogP contribution in [0.5, 0.6) is 0 Å². The second-order valence-corrected chi connectivity index (χ2v) is 5.65. The van der Waals surface area contributed by atoms with Gasteiger partial charge in [-0.1, -0.05) is 38.1 Å². The average Bonchev–Trinajstić information content (AvgIpc) is 2.79. The third kappa shape index (κ3) is 2.27. The van der Waals surface area contributed by atoms with Crippen LogP contribution in [0.15, 0.2) is 24.3 Å². The Morgan fingerprint density at radius 2 is 1.95 bits per heavy atom. The van der Waals surface area contributed by atoms with Crippen molar-refractivity contribution in [3.8, 4) is 0 Å². The molecule has 2 N–H and O–H groups in total. The van der Waals surface area contributed by atoms with Gasteiger partial charge in [0.25, 0.3) is 0 Å². The lowest BCUT2D eigenvalue weighted by atomic mass is 9.71. The van der Waals surface area contributed by atoms with Crippen molar-refractivity contribution < 1.29 is 15.0 Å². The third-order valence-electron chi connectivity index (χ3n) is 4.71. The Hall–Kier alpha value is -1.35. The van der Waals surface area contributed by atoms with Crippen molar-refractivity contribution in [1.82, 2.24) is 0 Å². The summed E-state index contributed by atoms with van der Waals surface area (Å²) in [5.41, 5.74) is 0.190. The molecule has 1 aromatic carbocycles. The molecule has 3 heteroatoms. The van der Waals surface area contributed by atoms with Crippen LogP contribution in [0, 0.1) is 0 Å². The van der Waals surface area contributed by atoms with E-state index in [-0.39, 0.29) is 0 Å². The lowest BCUT2D eigenvalue weighted by Crippen LogP contribution is -2.43. The fraction of sp³-hybridized carbons (Fsp3) is 0.562. The average molecular weight is 262 g/mol. The van der Waals surface area contributed by atoms with Gasteiger partial charge >= 0.3 is 5.97 Å². The van der Waals surface area contributed by atoms with Crippen LogP contribution in [0.2, 0.25) is 0 Å². The maximum absolute atomic E-state index is 11.9. The summed E-state index contributed by atoms with van der Waals surface area (Å²) in [6.45, 7) is 3.83. The monoisotopic (exact) mass is 262 g/mol. The molecule has 0 fully saturated rings. The van der Waals surface area contributed by atoms with Crippen LogP contribution in [0.1, 0.15) is 50.7 Å². The van der Waals surface area contributed by atoms with Gasteiger partial charge in [0.2, 0.25) is 0 Å². The largest absolute Gasteiger partial charge is 0.481 e. The maximum Gasteiger partial charge on any atom is 0.314 e. The van der Waals surface area contributed by atoms with Crippen LogP contribution in [0.25, 0.3) is 0 Å². The molecule has 1 aliphatic rings. The van der Waals surface area contributed by atoms with Gasteiger partial charge in [-0.25, -0.2) is 0 Å². The number of carbonyl (C=O) groups is 1. The highest BCUT2D eigenvalue weighted by molar-refractivity contribution is 5.83. The molecule has 1 atom stereocenters. The zero-order chi connectivity index (χ0) is 14.1. The van der Waals surface area contributed by atoms with Crippen molar-refractivity contribution in [3.63, 3.8) is 0 Å². The van der Waals surface area contributed by atoms with E-state index in [4.69, 9.17) is 0 Å². The van der Waals surface area contributed by atoms with Crippen LogP contribution < -0.4 is 0 Å². The lowest BCUT2D eigenvalue weighted by molar-refractivity contribution is -0.147. The van der Waals surface area contributed by atoms with Crippen molar-refractivity contribution in [2.75, 3.05) is 0 Å². The molecule has 1 unspecified atom stereocenters. The first-order valence-electron chi connectivity index (χ1n) is 7.01. The quantitative estimate of drug-likeness (QED) is 0.857. The van der Waals surface area contributed by atoms with Crippen molar-refractivity contribution in [2.24, 2.45) is 0 Å². The van der Waals surface area contributed by atoms with Gasteiger partial charge in [0, 0.05) is 0 Å². The number of hydrogen-bond acceptors (Lipinski definition) is 2. The lowest BCUT2D eigenvalue weighted by Gasteiger charge is -2.35. The predicted octanol–water partition coefficient (Wildman–Crippen LogP) is 2.90. The molecular weight excluding hydrogens is 240 g/mol. The summed E-state index contributed by atoms with van der Waals surface area (Å²) < 4.78 is 0. The van der Waals surface area contributed by atoms with E-state index in [1.54, 1.807) is 0 Å². The highest BCUT2D eigenvalue weighted by Crippen LogP contribution is 2.45. The van der Waals surface area contributed by atoms with Crippen molar-refractivity contribution in [3.05, 3.63) is 35.4 Å². The molecule has 3 nitrogen and oxygen atoms in total. The standard InChI is InChI=1S/C16H22O3/c1-3-15(19,4-2)11-16(14(17)18)10-9-12-7-5-6-8-13(12)16/h5-8,19H,3-4,9-11H2,1-2H3,(H,17,18). The van der Waals surface area contributed by atoms with E-state index >= 15 is 0 Å². The Morgan fingerprint density at radius 3 is 2.53 bits per heavy atom. The number of carboxylic acids is 1. The minimum Gasteiger partial charge on any atom is -0.481 e. The molecule has 104 valence electrons. The molecule has 0 aliphatic heterocycles. The molecule has 0 aromatic heterocycles. The summed E-state index contributed by atoms with van der Waals surface area (Å²) in [6, 6.07) is 7.74. The van der Waals surface area contributed by atoms with Crippen LogP contribution >= 0.6 is 0 Å². The highest BCUT2D eigenvalue weighted by atomic mass is 16.4. The number of benzene rings is 1. The predicted molar refractivity (Wildman–Crippen MR) is 74.2 cm³/mol. The molecule has 0 amide bonds. The molecule has 0 saturated heterocycles. The Labute approximate surface area is 114 Å². The van der Waals surface area contributed by atoms with Crippen LogP contribution in [-0.4, -0.2) is 21.8 Å². The number of aliphatic carboxylic acids is 1. The molecule has 1 aliphatic carbocycles. The number of carboxylic acid groups (broad SMARTS) is 1. The maximum atomic E-state index is 11.9. The Kier molecular flexibility index (Phi) is 3.68. The van der Waals surface area contributed by atoms with Gasteiger partial charge in [-0.3, -0.25) is 4.79 Å². The molecule has 19 heavy (non-hydrogen) atoms. The van der Waals surface area contributed by atoms with Gasteiger partial charge in [-0.05, 0) is 43.2 Å². The molecule has 1 aromatic rings. The van der Waals surface area contributed by atoms with Crippen molar-refractivity contribution in [2.45, 2.75) is 57.0 Å². The highest BCUT2D eigenvalue weighted by Gasteiger charge is 2.49. The first-order chi connectivity index (χ1) is 8.97. The van der Waals surface area contributed by atoms with Crippen LogP contribution in [0.3, 0.4) is 0 Å². The molecular formula is C16H22O3. The van der Waals surface area contributed by atoms with Crippen LogP contribution in [-0.2, 0) is 16.6 Å². The van der Waals surface area contributed by atoms with Gasteiger partial charge in [0.1, 0.15) is 0 Å². The number of rotatable bonds is 5. The number of aryl methyl sites for hydroxylation is 1. The second kappa shape index (κ2) is 4.97. The van der Waals surface area contributed by atoms with Crippen molar-refractivity contribution in [1.29, 1.82) is 0 Å². The molecule has 0 spiro atoms. The van der Waals surface area contributed by atoms with Gasteiger partial charge in [0.05, 0.1) is 11.0 Å². The zero-order valence-electron chi connectivity index (χ0n) is 11.6. The Bertz CT molecular complexity index is 477. The van der Waals surface area contributed by atoms with Crippen molar-refractivity contribution >= 4 is 5.97 Å². The van der Waals surface area contributed by atoms with E-state index < -0.39 is 17.0 Å². The SMILES string of the molecule is CCC(O)(CC)CC1(C(=O)O)CCc2ccccc21. The summed E-state index contributed by atoms with van der Waals surface area (Å²) in [7, 11) is 0. The van der Waals surface area contributed by atoms with Gasteiger partial charge < -0.3 is 10.2 Å². The summed E-state index contributed by atoms with van der Waals surface area (Å²) in [5.74, 6) is -0.808. The zero-order valence-corrected chi connectivity index (χ0v) is 11.6. The van der Waals surface area contributed by atoms with E-state index in [1.807, 2.05) is 38.1 Å². The summed E-state index contributed by atoms with van der Waals surface area (Å²) in [4.78, 5) is 11.9. The second-order valence-electron chi connectivity index (χ2n) is 5.65.